The van der Waals surface area contributed by atoms with Gasteiger partial charge in [-0.3, -0.25) is 9.59 Å². The van der Waals surface area contributed by atoms with Crippen LogP contribution in [0.4, 0.5) is 15.8 Å². The normalized spacial score (nSPS) is 10.7. The fourth-order valence-electron chi connectivity index (χ4n) is 3.54. The van der Waals surface area contributed by atoms with Crippen LogP contribution in [0, 0.1) is 12.7 Å². The molecule has 0 unspecified atom stereocenters. The monoisotopic (exact) mass is 489 g/mol. The number of rotatable bonds is 8. The fourth-order valence-corrected chi connectivity index (χ4v) is 4.34. The standard InChI is InChI=1S/C26H24FN5O2S/c1-3-32-24(22-13-5-4-8-17(22)2)30-31-26(32)35-16-23(33)28-20-11-6-9-18(14-20)25(34)29-21-12-7-10-19(27)15-21/h4-15H,3,16H2,1-2H3,(H,28,33)(H,29,34). The lowest BCUT2D eigenvalue weighted by Gasteiger charge is -2.10. The fraction of sp³-hybridized carbons (Fsp3) is 0.154. The summed E-state index contributed by atoms with van der Waals surface area (Å²) in [6, 6.07) is 20.2. The molecule has 0 saturated heterocycles. The number of hydrogen-bond donors (Lipinski definition) is 2. The average molecular weight is 490 g/mol. The predicted molar refractivity (Wildman–Crippen MR) is 136 cm³/mol. The van der Waals surface area contributed by atoms with Gasteiger partial charge >= 0.3 is 0 Å². The van der Waals surface area contributed by atoms with Crippen LogP contribution in [0.1, 0.15) is 22.8 Å². The Morgan fingerprint density at radius 3 is 2.43 bits per heavy atom. The van der Waals surface area contributed by atoms with E-state index in [0.717, 1.165) is 17.0 Å². The van der Waals surface area contributed by atoms with Gasteiger partial charge in [-0.05, 0) is 55.8 Å². The van der Waals surface area contributed by atoms with Gasteiger partial charge in [-0.25, -0.2) is 4.39 Å². The molecule has 0 atom stereocenters. The number of aromatic nitrogens is 3. The maximum atomic E-state index is 13.4. The van der Waals surface area contributed by atoms with Crippen molar-refractivity contribution < 1.29 is 14.0 Å². The topological polar surface area (TPSA) is 88.9 Å². The summed E-state index contributed by atoms with van der Waals surface area (Å²) in [5, 5.41) is 14.7. The van der Waals surface area contributed by atoms with E-state index in [1.807, 2.05) is 42.7 Å². The maximum absolute atomic E-state index is 13.4. The van der Waals surface area contributed by atoms with Gasteiger partial charge in [-0.15, -0.1) is 10.2 Å². The van der Waals surface area contributed by atoms with Gasteiger partial charge in [0, 0.05) is 29.0 Å². The van der Waals surface area contributed by atoms with Gasteiger partial charge in [-0.2, -0.15) is 0 Å². The summed E-state index contributed by atoms with van der Waals surface area (Å²) >= 11 is 1.30. The van der Waals surface area contributed by atoms with Crippen molar-refractivity contribution >= 4 is 35.0 Å². The predicted octanol–water partition coefficient (Wildman–Crippen LogP) is 5.40. The molecule has 2 amide bonds. The first-order valence-corrected chi connectivity index (χ1v) is 12.0. The Labute approximate surface area is 206 Å². The molecule has 0 fully saturated rings. The molecule has 35 heavy (non-hydrogen) atoms. The van der Waals surface area contributed by atoms with Crippen molar-refractivity contribution in [2.45, 2.75) is 25.5 Å². The largest absolute Gasteiger partial charge is 0.325 e. The molecule has 0 bridgehead atoms. The van der Waals surface area contributed by atoms with Crippen LogP contribution in [0.2, 0.25) is 0 Å². The summed E-state index contributed by atoms with van der Waals surface area (Å²) in [7, 11) is 0. The molecular weight excluding hydrogens is 465 g/mol. The lowest BCUT2D eigenvalue weighted by Crippen LogP contribution is -2.16. The van der Waals surface area contributed by atoms with Crippen molar-refractivity contribution in [3.05, 3.63) is 89.7 Å². The molecule has 0 saturated carbocycles. The van der Waals surface area contributed by atoms with Crippen LogP contribution < -0.4 is 10.6 Å². The van der Waals surface area contributed by atoms with Gasteiger partial charge in [-0.1, -0.05) is 48.2 Å². The van der Waals surface area contributed by atoms with Crippen LogP contribution in [0.25, 0.3) is 11.4 Å². The van der Waals surface area contributed by atoms with Crippen molar-refractivity contribution in [2.75, 3.05) is 16.4 Å². The highest BCUT2D eigenvalue weighted by atomic mass is 32.2. The summed E-state index contributed by atoms with van der Waals surface area (Å²) in [6.45, 7) is 4.70. The third kappa shape index (κ3) is 5.93. The summed E-state index contributed by atoms with van der Waals surface area (Å²) < 4.78 is 15.3. The Morgan fingerprint density at radius 1 is 0.943 bits per heavy atom. The molecular formula is C26H24FN5O2S. The molecule has 178 valence electrons. The SMILES string of the molecule is CCn1c(SCC(=O)Nc2cccc(C(=O)Nc3cccc(F)c3)c2)nnc1-c1ccccc1C. The summed E-state index contributed by atoms with van der Waals surface area (Å²) in [5.74, 6) is -0.176. The third-order valence-electron chi connectivity index (χ3n) is 5.24. The molecule has 2 N–H and O–H groups in total. The molecule has 0 aliphatic carbocycles. The van der Waals surface area contributed by atoms with Gasteiger partial charge in [0.15, 0.2) is 11.0 Å². The molecule has 4 aromatic rings. The lowest BCUT2D eigenvalue weighted by molar-refractivity contribution is -0.113. The molecule has 9 heteroatoms. The number of hydrogen-bond acceptors (Lipinski definition) is 5. The second kappa shape index (κ2) is 11.0. The molecule has 0 spiro atoms. The van der Waals surface area contributed by atoms with Crippen molar-refractivity contribution in [3.63, 3.8) is 0 Å². The zero-order valence-electron chi connectivity index (χ0n) is 19.3. The first-order valence-electron chi connectivity index (χ1n) is 11.0. The second-order valence-corrected chi connectivity index (χ2v) is 8.69. The smallest absolute Gasteiger partial charge is 0.255 e. The average Bonchev–Trinajstić information content (AvgIpc) is 3.26. The van der Waals surface area contributed by atoms with Crippen LogP contribution in [0.15, 0.2) is 78.0 Å². The number of benzene rings is 3. The third-order valence-corrected chi connectivity index (χ3v) is 6.21. The number of halogens is 1. The van der Waals surface area contributed by atoms with Crippen molar-refractivity contribution in [1.29, 1.82) is 0 Å². The van der Waals surface area contributed by atoms with E-state index in [1.54, 1.807) is 30.3 Å². The van der Waals surface area contributed by atoms with Crippen molar-refractivity contribution in [2.24, 2.45) is 0 Å². The van der Waals surface area contributed by atoms with E-state index in [1.165, 1.54) is 30.0 Å². The minimum atomic E-state index is -0.439. The van der Waals surface area contributed by atoms with Crippen LogP contribution in [-0.4, -0.2) is 32.3 Å². The summed E-state index contributed by atoms with van der Waals surface area (Å²) in [5.41, 5.74) is 3.29. The van der Waals surface area contributed by atoms with E-state index in [0.29, 0.717) is 28.6 Å². The molecule has 7 nitrogen and oxygen atoms in total. The first-order chi connectivity index (χ1) is 16.9. The van der Waals surface area contributed by atoms with E-state index in [4.69, 9.17) is 0 Å². The summed E-state index contributed by atoms with van der Waals surface area (Å²) in [6.07, 6.45) is 0. The number of nitrogens with one attached hydrogen (secondary N) is 2. The molecule has 0 radical (unpaired) electrons. The van der Waals surface area contributed by atoms with E-state index in [9.17, 15) is 14.0 Å². The number of carbonyl (C=O) groups is 2. The highest BCUT2D eigenvalue weighted by molar-refractivity contribution is 7.99. The second-order valence-electron chi connectivity index (χ2n) is 7.75. The Kier molecular flexibility index (Phi) is 7.57. The van der Waals surface area contributed by atoms with Gasteiger partial charge in [0.05, 0.1) is 5.75 Å². The van der Waals surface area contributed by atoms with Gasteiger partial charge < -0.3 is 15.2 Å². The zero-order chi connectivity index (χ0) is 24.8. The Morgan fingerprint density at radius 2 is 1.69 bits per heavy atom. The van der Waals surface area contributed by atoms with Crippen molar-refractivity contribution in [1.82, 2.24) is 14.8 Å². The number of thioether (sulfide) groups is 1. The number of carbonyl (C=O) groups excluding carboxylic acids is 2. The molecule has 1 heterocycles. The molecule has 0 aliphatic rings. The van der Waals surface area contributed by atoms with Gasteiger partial charge in [0.2, 0.25) is 5.91 Å². The van der Waals surface area contributed by atoms with Crippen LogP contribution in [-0.2, 0) is 11.3 Å². The van der Waals surface area contributed by atoms with E-state index < -0.39 is 11.7 Å². The minimum absolute atomic E-state index is 0.131. The quantitative estimate of drug-likeness (QED) is 0.324. The Balaban J connectivity index is 1.39. The summed E-state index contributed by atoms with van der Waals surface area (Å²) in [4.78, 5) is 25.1. The maximum Gasteiger partial charge on any atom is 0.255 e. The Bertz CT molecular complexity index is 1370. The molecule has 3 aromatic carbocycles. The zero-order valence-corrected chi connectivity index (χ0v) is 20.1. The minimum Gasteiger partial charge on any atom is -0.325 e. The first kappa shape index (κ1) is 24.2. The van der Waals surface area contributed by atoms with Gasteiger partial charge in [0.1, 0.15) is 5.82 Å². The van der Waals surface area contributed by atoms with E-state index in [2.05, 4.69) is 20.8 Å². The van der Waals surface area contributed by atoms with Crippen molar-refractivity contribution in [3.8, 4) is 11.4 Å². The number of nitrogens with zero attached hydrogens (tertiary/aromatic N) is 3. The number of aryl methyl sites for hydroxylation is 1. The molecule has 1 aromatic heterocycles. The van der Waals surface area contributed by atoms with Crippen LogP contribution in [0.5, 0.6) is 0 Å². The highest BCUT2D eigenvalue weighted by Gasteiger charge is 2.16. The lowest BCUT2D eigenvalue weighted by atomic mass is 10.1. The number of anilines is 2. The molecule has 4 rings (SSSR count). The van der Waals surface area contributed by atoms with Gasteiger partial charge in [0.25, 0.3) is 5.91 Å². The Hall–Kier alpha value is -3.98. The number of amides is 2. The molecule has 0 aliphatic heterocycles. The van der Waals surface area contributed by atoms with E-state index in [-0.39, 0.29) is 11.7 Å². The highest BCUT2D eigenvalue weighted by Crippen LogP contribution is 2.26. The van der Waals surface area contributed by atoms with E-state index >= 15 is 0 Å². The van der Waals surface area contributed by atoms with Crippen LogP contribution in [0.3, 0.4) is 0 Å². The van der Waals surface area contributed by atoms with Crippen LogP contribution >= 0.6 is 11.8 Å².